The summed E-state index contributed by atoms with van der Waals surface area (Å²) in [6, 6.07) is 3.42. The standard InChI is InChI=1S/C12H14N4OS/c1-7(13)12-16-10(6-18-12)11(17)15-9-4-3-5-14-8(9)2/h3-7H,13H2,1-2H3,(H,15,17). The summed E-state index contributed by atoms with van der Waals surface area (Å²) in [4.78, 5) is 20.3. The Morgan fingerprint density at radius 2 is 2.33 bits per heavy atom. The van der Waals surface area contributed by atoms with Gasteiger partial charge >= 0.3 is 0 Å². The van der Waals surface area contributed by atoms with E-state index in [0.29, 0.717) is 11.4 Å². The predicted octanol–water partition coefficient (Wildman–Crippen LogP) is 2.12. The van der Waals surface area contributed by atoms with Gasteiger partial charge in [0.2, 0.25) is 0 Å². The molecule has 0 saturated carbocycles. The molecule has 0 aliphatic rings. The molecule has 0 aromatic carbocycles. The minimum Gasteiger partial charge on any atom is -0.322 e. The van der Waals surface area contributed by atoms with E-state index >= 15 is 0 Å². The summed E-state index contributed by atoms with van der Waals surface area (Å²) in [7, 11) is 0. The number of rotatable bonds is 3. The number of nitrogens with one attached hydrogen (secondary N) is 1. The van der Waals surface area contributed by atoms with Gasteiger partial charge in [0, 0.05) is 11.6 Å². The Labute approximate surface area is 109 Å². The van der Waals surface area contributed by atoms with E-state index in [0.717, 1.165) is 10.7 Å². The molecule has 6 heteroatoms. The van der Waals surface area contributed by atoms with Gasteiger partial charge in [-0.3, -0.25) is 9.78 Å². The number of aryl methyl sites for hydroxylation is 1. The van der Waals surface area contributed by atoms with E-state index in [1.54, 1.807) is 23.7 Å². The molecule has 94 valence electrons. The molecule has 18 heavy (non-hydrogen) atoms. The van der Waals surface area contributed by atoms with Gasteiger partial charge in [-0.05, 0) is 26.0 Å². The average molecular weight is 262 g/mol. The quantitative estimate of drug-likeness (QED) is 0.887. The highest BCUT2D eigenvalue weighted by molar-refractivity contribution is 7.09. The van der Waals surface area contributed by atoms with Crippen LogP contribution in [0.15, 0.2) is 23.7 Å². The molecule has 0 radical (unpaired) electrons. The molecule has 2 heterocycles. The lowest BCUT2D eigenvalue weighted by Crippen LogP contribution is -2.14. The van der Waals surface area contributed by atoms with Crippen molar-refractivity contribution in [3.63, 3.8) is 0 Å². The Kier molecular flexibility index (Phi) is 3.69. The third-order valence-corrected chi connectivity index (χ3v) is 3.44. The zero-order valence-electron chi connectivity index (χ0n) is 10.2. The Morgan fingerprint density at radius 1 is 1.56 bits per heavy atom. The maximum atomic E-state index is 12.0. The van der Waals surface area contributed by atoms with Crippen molar-refractivity contribution < 1.29 is 4.79 Å². The fraction of sp³-hybridized carbons (Fsp3) is 0.250. The van der Waals surface area contributed by atoms with Crippen LogP contribution in [-0.4, -0.2) is 15.9 Å². The topological polar surface area (TPSA) is 80.9 Å². The molecule has 0 aliphatic carbocycles. The zero-order valence-corrected chi connectivity index (χ0v) is 11.0. The van der Waals surface area contributed by atoms with Gasteiger partial charge < -0.3 is 11.1 Å². The first kappa shape index (κ1) is 12.7. The van der Waals surface area contributed by atoms with Crippen molar-refractivity contribution in [2.45, 2.75) is 19.9 Å². The maximum absolute atomic E-state index is 12.0. The number of amides is 1. The van der Waals surface area contributed by atoms with Gasteiger partial charge in [-0.2, -0.15) is 0 Å². The van der Waals surface area contributed by atoms with Crippen LogP contribution in [0.3, 0.4) is 0 Å². The lowest BCUT2D eigenvalue weighted by molar-refractivity contribution is 0.102. The number of anilines is 1. The van der Waals surface area contributed by atoms with Crippen molar-refractivity contribution in [1.29, 1.82) is 0 Å². The smallest absolute Gasteiger partial charge is 0.275 e. The van der Waals surface area contributed by atoms with Gasteiger partial charge in [0.25, 0.3) is 5.91 Å². The summed E-state index contributed by atoms with van der Waals surface area (Å²) < 4.78 is 0. The lowest BCUT2D eigenvalue weighted by Gasteiger charge is -2.05. The minimum atomic E-state index is -0.241. The molecule has 0 saturated heterocycles. The molecular weight excluding hydrogens is 248 g/mol. The van der Waals surface area contributed by atoms with Crippen molar-refractivity contribution in [3.05, 3.63) is 40.1 Å². The first-order chi connectivity index (χ1) is 8.58. The molecule has 2 aromatic heterocycles. The van der Waals surface area contributed by atoms with Gasteiger partial charge in [0.15, 0.2) is 0 Å². The normalized spacial score (nSPS) is 12.2. The summed E-state index contributed by atoms with van der Waals surface area (Å²) in [6.07, 6.45) is 1.68. The molecule has 0 spiro atoms. The van der Waals surface area contributed by atoms with Crippen LogP contribution in [0.2, 0.25) is 0 Å². The molecule has 1 amide bonds. The fourth-order valence-corrected chi connectivity index (χ4v) is 2.16. The monoisotopic (exact) mass is 262 g/mol. The summed E-state index contributed by atoms with van der Waals surface area (Å²) in [5.74, 6) is -0.241. The van der Waals surface area contributed by atoms with Gasteiger partial charge in [0.1, 0.15) is 10.7 Å². The van der Waals surface area contributed by atoms with Gasteiger partial charge in [-0.15, -0.1) is 11.3 Å². The Hall–Kier alpha value is -1.79. The fourth-order valence-electron chi connectivity index (χ4n) is 1.40. The number of hydrogen-bond acceptors (Lipinski definition) is 5. The molecular formula is C12H14N4OS. The van der Waals surface area contributed by atoms with E-state index in [9.17, 15) is 4.79 Å². The van der Waals surface area contributed by atoms with Crippen LogP contribution in [0.5, 0.6) is 0 Å². The molecule has 0 bridgehead atoms. The van der Waals surface area contributed by atoms with Crippen LogP contribution in [0.1, 0.15) is 34.2 Å². The number of aromatic nitrogens is 2. The molecule has 0 fully saturated rings. The molecule has 0 aliphatic heterocycles. The summed E-state index contributed by atoms with van der Waals surface area (Å²) in [5, 5.41) is 5.24. The molecule has 1 atom stereocenters. The number of nitrogens with zero attached hydrogens (tertiary/aromatic N) is 2. The SMILES string of the molecule is Cc1ncccc1NC(=O)c1csc(C(C)N)n1. The zero-order chi connectivity index (χ0) is 13.1. The van der Waals surface area contributed by atoms with Crippen LogP contribution in [0.4, 0.5) is 5.69 Å². The second kappa shape index (κ2) is 5.24. The van der Waals surface area contributed by atoms with E-state index in [2.05, 4.69) is 15.3 Å². The summed E-state index contributed by atoms with van der Waals surface area (Å²) in [6.45, 7) is 3.68. The second-order valence-electron chi connectivity index (χ2n) is 3.95. The largest absolute Gasteiger partial charge is 0.322 e. The first-order valence-corrected chi connectivity index (χ1v) is 6.40. The molecule has 1 unspecified atom stereocenters. The summed E-state index contributed by atoms with van der Waals surface area (Å²) >= 11 is 1.39. The van der Waals surface area contributed by atoms with E-state index < -0.39 is 0 Å². The van der Waals surface area contributed by atoms with E-state index in [1.165, 1.54) is 11.3 Å². The maximum Gasteiger partial charge on any atom is 0.275 e. The van der Waals surface area contributed by atoms with Crippen molar-refractivity contribution >= 4 is 22.9 Å². The van der Waals surface area contributed by atoms with Crippen molar-refractivity contribution in [2.75, 3.05) is 5.32 Å². The number of pyridine rings is 1. The number of carbonyl (C=O) groups excluding carboxylic acids is 1. The first-order valence-electron chi connectivity index (χ1n) is 5.52. The Morgan fingerprint density at radius 3 is 2.94 bits per heavy atom. The Balaban J connectivity index is 2.15. The third kappa shape index (κ3) is 2.72. The average Bonchev–Trinajstić information content (AvgIpc) is 2.81. The van der Waals surface area contributed by atoms with Crippen LogP contribution in [0.25, 0.3) is 0 Å². The van der Waals surface area contributed by atoms with Crippen LogP contribution >= 0.6 is 11.3 Å². The summed E-state index contributed by atoms with van der Waals surface area (Å²) in [5.41, 5.74) is 7.56. The lowest BCUT2D eigenvalue weighted by atomic mass is 10.3. The van der Waals surface area contributed by atoms with Gasteiger partial charge in [0.05, 0.1) is 17.4 Å². The Bertz CT molecular complexity index is 565. The minimum absolute atomic E-state index is 0.156. The van der Waals surface area contributed by atoms with Crippen molar-refractivity contribution in [1.82, 2.24) is 9.97 Å². The highest BCUT2D eigenvalue weighted by Crippen LogP contribution is 2.17. The number of hydrogen-bond donors (Lipinski definition) is 2. The van der Waals surface area contributed by atoms with Gasteiger partial charge in [-0.1, -0.05) is 0 Å². The van der Waals surface area contributed by atoms with Crippen LogP contribution < -0.4 is 11.1 Å². The number of nitrogens with two attached hydrogens (primary N) is 1. The highest BCUT2D eigenvalue weighted by atomic mass is 32.1. The number of thiazole rings is 1. The van der Waals surface area contributed by atoms with E-state index in [-0.39, 0.29) is 11.9 Å². The van der Waals surface area contributed by atoms with Crippen LogP contribution in [0, 0.1) is 6.92 Å². The van der Waals surface area contributed by atoms with Crippen LogP contribution in [-0.2, 0) is 0 Å². The second-order valence-corrected chi connectivity index (χ2v) is 4.84. The molecule has 3 N–H and O–H groups in total. The molecule has 2 rings (SSSR count). The third-order valence-electron chi connectivity index (χ3n) is 2.40. The predicted molar refractivity (Wildman–Crippen MR) is 71.6 cm³/mol. The van der Waals surface area contributed by atoms with Gasteiger partial charge in [-0.25, -0.2) is 4.98 Å². The van der Waals surface area contributed by atoms with E-state index in [4.69, 9.17) is 5.73 Å². The molecule has 2 aromatic rings. The van der Waals surface area contributed by atoms with E-state index in [1.807, 2.05) is 13.8 Å². The molecule has 5 nitrogen and oxygen atoms in total. The highest BCUT2D eigenvalue weighted by Gasteiger charge is 2.13. The van der Waals surface area contributed by atoms with Crippen molar-refractivity contribution in [2.24, 2.45) is 5.73 Å². The van der Waals surface area contributed by atoms with Crippen molar-refractivity contribution in [3.8, 4) is 0 Å². The number of carbonyl (C=O) groups is 1.